The minimum atomic E-state index is -1.49. The summed E-state index contributed by atoms with van der Waals surface area (Å²) in [4.78, 5) is 8.38. The molecule has 0 radical (unpaired) electrons. The van der Waals surface area contributed by atoms with Gasteiger partial charge in [-0.05, 0) is 18.6 Å². The second-order valence-electron chi connectivity index (χ2n) is 4.32. The van der Waals surface area contributed by atoms with Crippen molar-refractivity contribution in [1.29, 1.82) is 0 Å². The summed E-state index contributed by atoms with van der Waals surface area (Å²) in [6.45, 7) is 2.00. The summed E-state index contributed by atoms with van der Waals surface area (Å²) in [5.41, 5.74) is 0.864. The number of anilines is 1. The molecule has 1 heterocycles. The number of halogens is 3. The summed E-state index contributed by atoms with van der Waals surface area (Å²) in [6, 6.07) is 3.55. The van der Waals surface area contributed by atoms with Gasteiger partial charge in [-0.15, -0.1) is 0 Å². The topological polar surface area (TPSA) is 37.8 Å². The summed E-state index contributed by atoms with van der Waals surface area (Å²) in [5.74, 6) is -3.29. The predicted molar refractivity (Wildman–Crippen MR) is 70.9 cm³/mol. The Morgan fingerprint density at radius 2 is 1.70 bits per heavy atom. The normalized spacial score (nSPS) is 10.7. The second kappa shape index (κ2) is 5.90. The van der Waals surface area contributed by atoms with Crippen LogP contribution in [0.25, 0.3) is 11.4 Å². The van der Waals surface area contributed by atoms with Crippen LogP contribution in [0, 0.1) is 17.5 Å². The molecule has 1 aromatic heterocycles. The number of aromatic nitrogens is 2. The lowest BCUT2D eigenvalue weighted by Crippen LogP contribution is -2.02. The number of hydrogen-bond donors (Lipinski definition) is 1. The number of benzene rings is 1. The zero-order valence-corrected chi connectivity index (χ0v) is 11.2. The number of rotatable bonds is 4. The average molecular weight is 281 g/mol. The zero-order chi connectivity index (χ0) is 14.7. The van der Waals surface area contributed by atoms with Crippen LogP contribution in [0.1, 0.15) is 19.0 Å². The van der Waals surface area contributed by atoms with Crippen LogP contribution in [-0.2, 0) is 6.42 Å². The van der Waals surface area contributed by atoms with Gasteiger partial charge in [0.2, 0.25) is 0 Å². The van der Waals surface area contributed by atoms with Crippen molar-refractivity contribution in [3.05, 3.63) is 41.3 Å². The van der Waals surface area contributed by atoms with Crippen molar-refractivity contribution in [3.63, 3.8) is 0 Å². The van der Waals surface area contributed by atoms with E-state index in [-0.39, 0.29) is 11.4 Å². The highest BCUT2D eigenvalue weighted by Crippen LogP contribution is 2.22. The number of hydrogen-bond acceptors (Lipinski definition) is 3. The molecular weight excluding hydrogens is 267 g/mol. The minimum absolute atomic E-state index is 0.107. The van der Waals surface area contributed by atoms with Gasteiger partial charge in [-0.2, -0.15) is 0 Å². The van der Waals surface area contributed by atoms with E-state index in [2.05, 4.69) is 15.3 Å². The van der Waals surface area contributed by atoms with Crippen LogP contribution in [0.3, 0.4) is 0 Å². The smallest absolute Gasteiger partial charge is 0.194 e. The summed E-state index contributed by atoms with van der Waals surface area (Å²) < 4.78 is 39.5. The van der Waals surface area contributed by atoms with Gasteiger partial charge < -0.3 is 5.32 Å². The maximum Gasteiger partial charge on any atom is 0.194 e. The lowest BCUT2D eigenvalue weighted by Gasteiger charge is -2.08. The maximum absolute atomic E-state index is 13.3. The first kappa shape index (κ1) is 14.3. The molecule has 0 saturated carbocycles. The highest BCUT2D eigenvalue weighted by Gasteiger charge is 2.14. The Morgan fingerprint density at radius 3 is 2.25 bits per heavy atom. The van der Waals surface area contributed by atoms with Gasteiger partial charge in [-0.3, -0.25) is 0 Å². The second-order valence-corrected chi connectivity index (χ2v) is 4.32. The Balaban J connectivity index is 2.53. The number of nitrogens with zero attached hydrogens (tertiary/aromatic N) is 2. The van der Waals surface area contributed by atoms with Crippen molar-refractivity contribution in [3.8, 4) is 11.4 Å². The van der Waals surface area contributed by atoms with Crippen molar-refractivity contribution in [2.45, 2.75) is 19.8 Å². The third kappa shape index (κ3) is 2.89. The monoisotopic (exact) mass is 281 g/mol. The Morgan fingerprint density at radius 1 is 1.05 bits per heavy atom. The van der Waals surface area contributed by atoms with E-state index in [0.717, 1.165) is 30.7 Å². The van der Waals surface area contributed by atoms with Crippen LogP contribution in [0.5, 0.6) is 0 Å². The van der Waals surface area contributed by atoms with E-state index in [9.17, 15) is 13.2 Å². The molecule has 3 nitrogen and oxygen atoms in total. The summed E-state index contributed by atoms with van der Waals surface area (Å²) in [5, 5.41) is 2.86. The quantitative estimate of drug-likeness (QED) is 0.871. The first-order valence-electron chi connectivity index (χ1n) is 6.25. The standard InChI is InChI=1S/C14H14F3N3/c1-3-4-9-7-12(18-2)20-14(19-9)8-5-10(15)13(17)11(16)6-8/h5-7H,3-4H2,1-2H3,(H,18,19,20). The molecule has 6 heteroatoms. The Labute approximate surface area is 114 Å². The lowest BCUT2D eigenvalue weighted by molar-refractivity contribution is 0.447. The fourth-order valence-corrected chi connectivity index (χ4v) is 1.82. The molecule has 2 rings (SSSR count). The molecule has 0 bridgehead atoms. The molecular formula is C14H14F3N3. The molecule has 0 spiro atoms. The van der Waals surface area contributed by atoms with Gasteiger partial charge in [0.15, 0.2) is 23.3 Å². The first-order chi connectivity index (χ1) is 9.55. The molecule has 0 aliphatic rings. The Kier molecular flexibility index (Phi) is 4.22. The molecule has 0 fully saturated rings. The molecule has 0 amide bonds. The van der Waals surface area contributed by atoms with Crippen LogP contribution in [0.2, 0.25) is 0 Å². The van der Waals surface area contributed by atoms with Crippen molar-refractivity contribution in [2.24, 2.45) is 0 Å². The fraction of sp³-hybridized carbons (Fsp3) is 0.286. The summed E-state index contributed by atoms with van der Waals surface area (Å²) >= 11 is 0. The summed E-state index contributed by atoms with van der Waals surface area (Å²) in [7, 11) is 1.69. The van der Waals surface area contributed by atoms with Crippen LogP contribution in [0.4, 0.5) is 19.0 Å². The third-order valence-electron chi connectivity index (χ3n) is 2.78. The molecule has 0 unspecified atom stereocenters. The number of nitrogens with one attached hydrogen (secondary N) is 1. The maximum atomic E-state index is 13.3. The predicted octanol–water partition coefficient (Wildman–Crippen LogP) is 3.56. The van der Waals surface area contributed by atoms with Crippen molar-refractivity contribution in [1.82, 2.24) is 9.97 Å². The highest BCUT2D eigenvalue weighted by atomic mass is 19.2. The van der Waals surface area contributed by atoms with Crippen LogP contribution in [-0.4, -0.2) is 17.0 Å². The van der Waals surface area contributed by atoms with Gasteiger partial charge >= 0.3 is 0 Å². The van der Waals surface area contributed by atoms with Crippen LogP contribution in [0.15, 0.2) is 18.2 Å². The van der Waals surface area contributed by atoms with Crippen LogP contribution < -0.4 is 5.32 Å². The highest BCUT2D eigenvalue weighted by molar-refractivity contribution is 5.58. The molecule has 106 valence electrons. The van der Waals surface area contributed by atoms with Gasteiger partial charge in [0.1, 0.15) is 5.82 Å². The molecule has 0 saturated heterocycles. The van der Waals surface area contributed by atoms with Gasteiger partial charge in [-0.25, -0.2) is 23.1 Å². The van der Waals surface area contributed by atoms with E-state index >= 15 is 0 Å². The zero-order valence-electron chi connectivity index (χ0n) is 11.2. The molecule has 0 aliphatic heterocycles. The van der Waals surface area contributed by atoms with E-state index in [1.54, 1.807) is 13.1 Å². The molecule has 1 aromatic carbocycles. The Bertz CT molecular complexity index is 606. The molecule has 1 N–H and O–H groups in total. The van der Waals surface area contributed by atoms with E-state index in [1.807, 2.05) is 6.92 Å². The number of aryl methyl sites for hydroxylation is 1. The van der Waals surface area contributed by atoms with E-state index in [4.69, 9.17) is 0 Å². The summed E-state index contributed by atoms with van der Waals surface area (Å²) in [6.07, 6.45) is 1.60. The molecule has 2 aromatic rings. The van der Waals surface area contributed by atoms with Crippen molar-refractivity contribution < 1.29 is 13.2 Å². The molecule has 20 heavy (non-hydrogen) atoms. The van der Waals surface area contributed by atoms with E-state index < -0.39 is 17.5 Å². The van der Waals surface area contributed by atoms with E-state index in [0.29, 0.717) is 5.82 Å². The van der Waals surface area contributed by atoms with Gasteiger partial charge in [-0.1, -0.05) is 13.3 Å². The Hall–Kier alpha value is -2.11. The fourth-order valence-electron chi connectivity index (χ4n) is 1.82. The van der Waals surface area contributed by atoms with Gasteiger partial charge in [0.05, 0.1) is 0 Å². The van der Waals surface area contributed by atoms with E-state index in [1.165, 1.54) is 0 Å². The largest absolute Gasteiger partial charge is 0.373 e. The lowest BCUT2D eigenvalue weighted by atomic mass is 10.1. The third-order valence-corrected chi connectivity index (χ3v) is 2.78. The first-order valence-corrected chi connectivity index (χ1v) is 6.25. The van der Waals surface area contributed by atoms with Gasteiger partial charge in [0.25, 0.3) is 0 Å². The SMILES string of the molecule is CCCc1cc(NC)nc(-c2cc(F)c(F)c(F)c2)n1. The van der Waals surface area contributed by atoms with Crippen molar-refractivity contribution >= 4 is 5.82 Å². The van der Waals surface area contributed by atoms with Crippen LogP contribution >= 0.6 is 0 Å². The minimum Gasteiger partial charge on any atom is -0.373 e. The average Bonchev–Trinajstić information content (AvgIpc) is 2.44. The molecule has 0 aliphatic carbocycles. The van der Waals surface area contributed by atoms with Crippen molar-refractivity contribution in [2.75, 3.05) is 12.4 Å². The molecule has 0 atom stereocenters. The van der Waals surface area contributed by atoms with Gasteiger partial charge in [0, 0.05) is 24.4 Å².